The molecule has 0 aromatic heterocycles. The van der Waals surface area contributed by atoms with Crippen molar-refractivity contribution in [3.05, 3.63) is 33.4 Å². The maximum absolute atomic E-state index is 11.1. The number of nitro groups is 1. The minimum Gasteiger partial charge on any atom is -0.478 e. The maximum atomic E-state index is 11.1. The molecule has 6 nitrogen and oxygen atoms in total. The first-order chi connectivity index (χ1) is 9.99. The molecule has 0 bridgehead atoms. The summed E-state index contributed by atoms with van der Waals surface area (Å²) in [7, 11) is 0. The van der Waals surface area contributed by atoms with Gasteiger partial charge < -0.3 is 10.4 Å². The molecule has 0 atom stereocenters. The minimum absolute atomic E-state index is 0.0611. The molecule has 2 rings (SSSR count). The number of carboxylic acid groups (broad SMARTS) is 1. The van der Waals surface area contributed by atoms with Gasteiger partial charge in [-0.25, -0.2) is 4.79 Å². The molecule has 0 aliphatic carbocycles. The highest BCUT2D eigenvalue weighted by molar-refractivity contribution is 7.99. The van der Waals surface area contributed by atoms with E-state index in [2.05, 4.69) is 5.32 Å². The predicted molar refractivity (Wildman–Crippen MR) is 83.3 cm³/mol. The van der Waals surface area contributed by atoms with Crippen LogP contribution in [0.25, 0.3) is 0 Å². The summed E-state index contributed by atoms with van der Waals surface area (Å²) in [5.41, 5.74) is 0.806. The summed E-state index contributed by atoms with van der Waals surface area (Å²) in [6, 6.07) is 2.59. The summed E-state index contributed by atoms with van der Waals surface area (Å²) in [6.07, 6.45) is 2.24. The Morgan fingerprint density at radius 2 is 2.14 bits per heavy atom. The second-order valence-corrected chi connectivity index (χ2v) is 6.39. The van der Waals surface area contributed by atoms with Crippen molar-refractivity contribution in [3.63, 3.8) is 0 Å². The van der Waals surface area contributed by atoms with Gasteiger partial charge in [0.2, 0.25) is 0 Å². The number of carbonyl (C=O) groups is 1. The monoisotopic (exact) mass is 310 g/mol. The van der Waals surface area contributed by atoms with E-state index in [1.54, 1.807) is 6.92 Å². The SMILES string of the molecule is Cc1c(NCC2CCSCC2)cc(C(=O)O)cc1[N+](=O)[O-]. The van der Waals surface area contributed by atoms with Gasteiger partial charge in [-0.3, -0.25) is 10.1 Å². The third-order valence-corrected chi connectivity index (χ3v) is 4.79. The Bertz CT molecular complexity index is 556. The van der Waals surface area contributed by atoms with E-state index in [-0.39, 0.29) is 11.3 Å². The van der Waals surface area contributed by atoms with Gasteiger partial charge in [0.1, 0.15) is 0 Å². The topological polar surface area (TPSA) is 92.5 Å². The maximum Gasteiger partial charge on any atom is 0.336 e. The standard InChI is InChI=1S/C14H18N2O4S/c1-9-12(15-8-10-2-4-21-5-3-10)6-11(14(17)18)7-13(9)16(19)20/h6-7,10,15H,2-5,8H2,1H3,(H,17,18). The van der Waals surface area contributed by atoms with Crippen molar-refractivity contribution in [2.75, 3.05) is 23.4 Å². The zero-order valence-corrected chi connectivity index (χ0v) is 12.6. The normalized spacial score (nSPS) is 15.7. The fraction of sp³-hybridized carbons (Fsp3) is 0.500. The largest absolute Gasteiger partial charge is 0.478 e. The van der Waals surface area contributed by atoms with Gasteiger partial charge in [-0.15, -0.1) is 0 Å². The Morgan fingerprint density at radius 3 is 2.71 bits per heavy atom. The zero-order chi connectivity index (χ0) is 15.4. The molecule has 0 radical (unpaired) electrons. The molecule has 1 aromatic carbocycles. The van der Waals surface area contributed by atoms with Crippen molar-refractivity contribution in [2.24, 2.45) is 5.92 Å². The van der Waals surface area contributed by atoms with Gasteiger partial charge in [0.05, 0.1) is 10.5 Å². The van der Waals surface area contributed by atoms with Crippen LogP contribution in [0.3, 0.4) is 0 Å². The van der Waals surface area contributed by atoms with Crippen molar-refractivity contribution >= 4 is 29.1 Å². The first kappa shape index (κ1) is 15.6. The minimum atomic E-state index is -1.16. The van der Waals surface area contributed by atoms with Crippen molar-refractivity contribution in [2.45, 2.75) is 19.8 Å². The van der Waals surface area contributed by atoms with Crippen molar-refractivity contribution in [3.8, 4) is 0 Å². The number of nitrogens with one attached hydrogen (secondary N) is 1. The fourth-order valence-corrected chi connectivity index (χ4v) is 3.60. The lowest BCUT2D eigenvalue weighted by atomic mass is 10.0. The molecule has 1 aliphatic heterocycles. The molecule has 0 amide bonds. The third-order valence-electron chi connectivity index (χ3n) is 3.75. The molecule has 2 N–H and O–H groups in total. The summed E-state index contributed by atoms with van der Waals surface area (Å²) in [5.74, 6) is 1.66. The number of benzene rings is 1. The van der Waals surface area contributed by atoms with Crippen LogP contribution in [0.5, 0.6) is 0 Å². The molecule has 1 aromatic rings. The van der Waals surface area contributed by atoms with Crippen LogP contribution in [-0.4, -0.2) is 34.0 Å². The lowest BCUT2D eigenvalue weighted by molar-refractivity contribution is -0.385. The highest BCUT2D eigenvalue weighted by Crippen LogP contribution is 2.29. The molecule has 21 heavy (non-hydrogen) atoms. The van der Waals surface area contributed by atoms with E-state index < -0.39 is 10.9 Å². The first-order valence-corrected chi connectivity index (χ1v) is 7.98. The van der Waals surface area contributed by atoms with Crippen molar-refractivity contribution in [1.29, 1.82) is 0 Å². The van der Waals surface area contributed by atoms with Gasteiger partial charge in [0.15, 0.2) is 0 Å². The van der Waals surface area contributed by atoms with Crippen molar-refractivity contribution in [1.82, 2.24) is 0 Å². The zero-order valence-electron chi connectivity index (χ0n) is 11.8. The average Bonchev–Trinajstić information content (AvgIpc) is 2.46. The van der Waals surface area contributed by atoms with Crippen LogP contribution in [0.15, 0.2) is 12.1 Å². The van der Waals surface area contributed by atoms with Crippen molar-refractivity contribution < 1.29 is 14.8 Å². The molecule has 7 heteroatoms. The van der Waals surface area contributed by atoms with Crippen LogP contribution in [0.1, 0.15) is 28.8 Å². The number of carboxylic acids is 1. The Morgan fingerprint density at radius 1 is 1.48 bits per heavy atom. The number of thioether (sulfide) groups is 1. The number of nitro benzene ring substituents is 1. The van der Waals surface area contributed by atoms with E-state index in [9.17, 15) is 14.9 Å². The Labute approximate surface area is 127 Å². The number of hydrogen-bond acceptors (Lipinski definition) is 5. The van der Waals surface area contributed by atoms with Crippen LogP contribution in [0.2, 0.25) is 0 Å². The molecular weight excluding hydrogens is 292 g/mol. The second-order valence-electron chi connectivity index (χ2n) is 5.17. The Kier molecular flexibility index (Phi) is 5.06. The summed E-state index contributed by atoms with van der Waals surface area (Å²) in [4.78, 5) is 21.6. The van der Waals surface area contributed by atoms with E-state index >= 15 is 0 Å². The van der Waals surface area contributed by atoms with E-state index in [0.29, 0.717) is 17.2 Å². The van der Waals surface area contributed by atoms with E-state index in [1.165, 1.54) is 6.07 Å². The van der Waals surface area contributed by atoms with Gasteiger partial charge in [-0.2, -0.15) is 11.8 Å². The van der Waals surface area contributed by atoms with Crippen LogP contribution in [0, 0.1) is 23.0 Å². The van der Waals surface area contributed by atoms with Gasteiger partial charge in [0.25, 0.3) is 5.69 Å². The van der Waals surface area contributed by atoms with E-state index in [1.807, 2.05) is 11.8 Å². The molecule has 1 aliphatic rings. The van der Waals surface area contributed by atoms with Crippen LogP contribution in [-0.2, 0) is 0 Å². The number of aromatic carboxylic acids is 1. The smallest absolute Gasteiger partial charge is 0.336 e. The molecule has 1 fully saturated rings. The quantitative estimate of drug-likeness (QED) is 0.641. The number of anilines is 1. The van der Waals surface area contributed by atoms with Gasteiger partial charge >= 0.3 is 5.97 Å². The fourth-order valence-electron chi connectivity index (χ4n) is 2.40. The molecule has 1 saturated heterocycles. The average molecular weight is 310 g/mol. The third kappa shape index (κ3) is 3.87. The second kappa shape index (κ2) is 6.80. The highest BCUT2D eigenvalue weighted by atomic mass is 32.2. The molecular formula is C14H18N2O4S. The summed E-state index contributed by atoms with van der Waals surface area (Å²) < 4.78 is 0. The number of hydrogen-bond donors (Lipinski definition) is 2. The van der Waals surface area contributed by atoms with Gasteiger partial charge in [0, 0.05) is 23.9 Å². The predicted octanol–water partition coefficient (Wildman–Crippen LogP) is 3.16. The molecule has 0 unspecified atom stereocenters. The highest BCUT2D eigenvalue weighted by Gasteiger charge is 2.20. The number of rotatable bonds is 5. The lowest BCUT2D eigenvalue weighted by Crippen LogP contribution is -2.19. The number of nitrogens with zero attached hydrogens (tertiary/aromatic N) is 1. The summed E-state index contributed by atoms with van der Waals surface area (Å²) in [5, 5.41) is 23.3. The molecule has 0 saturated carbocycles. The van der Waals surface area contributed by atoms with Crippen LogP contribution < -0.4 is 5.32 Å². The Balaban J connectivity index is 2.20. The molecule has 0 spiro atoms. The van der Waals surface area contributed by atoms with E-state index in [4.69, 9.17) is 5.11 Å². The summed E-state index contributed by atoms with van der Waals surface area (Å²) in [6.45, 7) is 2.37. The lowest BCUT2D eigenvalue weighted by Gasteiger charge is -2.22. The van der Waals surface area contributed by atoms with Gasteiger partial charge in [-0.05, 0) is 43.3 Å². The Hall–Kier alpha value is -1.76. The van der Waals surface area contributed by atoms with E-state index in [0.717, 1.165) is 37.0 Å². The molecule has 1 heterocycles. The molecule has 114 valence electrons. The van der Waals surface area contributed by atoms with Crippen LogP contribution in [0.4, 0.5) is 11.4 Å². The van der Waals surface area contributed by atoms with Crippen LogP contribution >= 0.6 is 11.8 Å². The summed E-state index contributed by atoms with van der Waals surface area (Å²) >= 11 is 1.94. The van der Waals surface area contributed by atoms with Gasteiger partial charge in [-0.1, -0.05) is 0 Å². The first-order valence-electron chi connectivity index (χ1n) is 6.83.